The summed E-state index contributed by atoms with van der Waals surface area (Å²) in [5, 5.41) is 6.34. The maximum atomic E-state index is 5.75. The van der Waals surface area contributed by atoms with E-state index < -0.39 is 0 Å². The molecule has 0 bridgehead atoms. The molecule has 0 aliphatic carbocycles. The molecule has 7 heteroatoms. The predicted octanol–water partition coefficient (Wildman–Crippen LogP) is 0.0408. The van der Waals surface area contributed by atoms with Gasteiger partial charge in [-0.3, -0.25) is 0 Å². The van der Waals surface area contributed by atoms with Gasteiger partial charge in [0.15, 0.2) is 0 Å². The third kappa shape index (κ3) is 13.8. The van der Waals surface area contributed by atoms with Gasteiger partial charge in [-0.2, -0.15) is 0 Å². The van der Waals surface area contributed by atoms with Crippen LogP contribution in [-0.4, -0.2) is 92.2 Å². The van der Waals surface area contributed by atoms with Crippen molar-refractivity contribution in [2.45, 2.75) is 18.9 Å². The highest BCUT2D eigenvalue weighted by Crippen LogP contribution is 2.06. The van der Waals surface area contributed by atoms with Crippen molar-refractivity contribution in [2.75, 3.05) is 86.1 Å². The van der Waals surface area contributed by atoms with E-state index in [4.69, 9.17) is 23.7 Å². The van der Waals surface area contributed by atoms with E-state index in [1.165, 1.54) is 0 Å². The molecular formula is C16H34N2O5. The molecule has 2 N–H and O–H groups in total. The maximum absolute atomic E-state index is 5.75. The van der Waals surface area contributed by atoms with Crippen molar-refractivity contribution in [1.82, 2.24) is 10.6 Å². The van der Waals surface area contributed by atoms with Crippen LogP contribution in [-0.2, 0) is 23.7 Å². The van der Waals surface area contributed by atoms with Gasteiger partial charge < -0.3 is 34.3 Å². The minimum atomic E-state index is 0.399. The second kappa shape index (κ2) is 16.6. The zero-order valence-electron chi connectivity index (χ0n) is 14.5. The Morgan fingerprint density at radius 1 is 0.739 bits per heavy atom. The third-order valence-electron chi connectivity index (χ3n) is 3.48. The summed E-state index contributed by atoms with van der Waals surface area (Å²) in [4.78, 5) is 0. The van der Waals surface area contributed by atoms with Crippen LogP contribution in [0.5, 0.6) is 0 Å². The Morgan fingerprint density at radius 3 is 1.74 bits per heavy atom. The van der Waals surface area contributed by atoms with Crippen LogP contribution in [0, 0.1) is 0 Å². The number of rotatable bonds is 16. The number of hydrogen-bond acceptors (Lipinski definition) is 7. The standard InChI is InChI=1S/C16H34N2O5/c1-17-6-7-19-8-9-20-10-11-21-12-13-22-14-15-23-16-2-4-18-5-3-16/h16-18H,2-15H2,1H3. The van der Waals surface area contributed by atoms with Crippen LogP contribution in [0.3, 0.4) is 0 Å². The van der Waals surface area contributed by atoms with Gasteiger partial charge in [0.25, 0.3) is 0 Å². The van der Waals surface area contributed by atoms with Crippen LogP contribution in [0.4, 0.5) is 0 Å². The summed E-state index contributed by atoms with van der Waals surface area (Å²) in [6.07, 6.45) is 2.60. The summed E-state index contributed by atoms with van der Waals surface area (Å²) in [5.74, 6) is 0. The number of hydrogen-bond donors (Lipinski definition) is 2. The highest BCUT2D eigenvalue weighted by atomic mass is 16.6. The molecule has 0 spiro atoms. The average Bonchev–Trinajstić information content (AvgIpc) is 2.59. The summed E-state index contributed by atoms with van der Waals surface area (Å²) in [5.41, 5.74) is 0. The van der Waals surface area contributed by atoms with E-state index in [2.05, 4.69) is 10.6 Å². The van der Waals surface area contributed by atoms with E-state index >= 15 is 0 Å². The Hall–Kier alpha value is -0.280. The average molecular weight is 334 g/mol. The lowest BCUT2D eigenvalue weighted by Crippen LogP contribution is -2.33. The highest BCUT2D eigenvalue weighted by Gasteiger charge is 2.12. The fourth-order valence-corrected chi connectivity index (χ4v) is 2.17. The molecule has 0 saturated carbocycles. The Morgan fingerprint density at radius 2 is 1.22 bits per heavy atom. The van der Waals surface area contributed by atoms with Crippen molar-refractivity contribution in [1.29, 1.82) is 0 Å². The zero-order chi connectivity index (χ0) is 16.4. The predicted molar refractivity (Wildman–Crippen MR) is 89.0 cm³/mol. The number of likely N-dealkylation sites (N-methyl/N-ethyl adjacent to an activating group) is 1. The first-order chi connectivity index (χ1) is 11.4. The Kier molecular flexibility index (Phi) is 15.0. The van der Waals surface area contributed by atoms with Gasteiger partial charge in [-0.05, 0) is 33.0 Å². The molecule has 0 aromatic rings. The fraction of sp³-hybridized carbons (Fsp3) is 1.00. The molecule has 1 aliphatic heterocycles. The topological polar surface area (TPSA) is 70.2 Å². The van der Waals surface area contributed by atoms with E-state index in [0.717, 1.165) is 39.1 Å². The van der Waals surface area contributed by atoms with Crippen LogP contribution < -0.4 is 10.6 Å². The van der Waals surface area contributed by atoms with E-state index in [1.807, 2.05) is 7.05 Å². The molecule has 0 atom stereocenters. The van der Waals surface area contributed by atoms with Crippen LogP contribution >= 0.6 is 0 Å². The number of piperidine rings is 1. The summed E-state index contributed by atoms with van der Waals surface area (Å²) in [6, 6.07) is 0. The largest absolute Gasteiger partial charge is 0.378 e. The van der Waals surface area contributed by atoms with E-state index in [1.54, 1.807) is 0 Å². The molecule has 1 saturated heterocycles. The first-order valence-electron chi connectivity index (χ1n) is 8.71. The second-order valence-corrected chi connectivity index (χ2v) is 5.37. The maximum Gasteiger partial charge on any atom is 0.0704 e. The molecule has 7 nitrogen and oxygen atoms in total. The monoisotopic (exact) mass is 334 g/mol. The van der Waals surface area contributed by atoms with E-state index in [9.17, 15) is 0 Å². The van der Waals surface area contributed by atoms with Gasteiger partial charge in [0, 0.05) is 6.54 Å². The third-order valence-corrected chi connectivity index (χ3v) is 3.48. The van der Waals surface area contributed by atoms with Crippen molar-refractivity contribution in [3.63, 3.8) is 0 Å². The van der Waals surface area contributed by atoms with Crippen molar-refractivity contribution in [3.05, 3.63) is 0 Å². The molecule has 0 radical (unpaired) electrons. The Balaban J connectivity index is 1.67. The SMILES string of the molecule is CNCCOCCOCCOCCOCCOC1CCNCC1. The first-order valence-corrected chi connectivity index (χ1v) is 8.71. The summed E-state index contributed by atoms with van der Waals surface area (Å²) in [7, 11) is 1.91. The molecule has 1 rings (SSSR count). The minimum absolute atomic E-state index is 0.399. The quantitative estimate of drug-likeness (QED) is 0.386. The van der Waals surface area contributed by atoms with E-state index in [-0.39, 0.29) is 0 Å². The molecule has 0 unspecified atom stereocenters. The Labute approximate surface area is 140 Å². The van der Waals surface area contributed by atoms with Gasteiger partial charge in [0.05, 0.1) is 65.6 Å². The van der Waals surface area contributed by atoms with Gasteiger partial charge in [0.1, 0.15) is 0 Å². The normalized spacial score (nSPS) is 16.0. The van der Waals surface area contributed by atoms with Crippen molar-refractivity contribution >= 4 is 0 Å². The fourth-order valence-electron chi connectivity index (χ4n) is 2.17. The van der Waals surface area contributed by atoms with Crippen LogP contribution in [0.15, 0.2) is 0 Å². The van der Waals surface area contributed by atoms with Gasteiger partial charge in [-0.1, -0.05) is 0 Å². The van der Waals surface area contributed by atoms with Gasteiger partial charge in [-0.15, -0.1) is 0 Å². The molecule has 0 aromatic heterocycles. The van der Waals surface area contributed by atoms with Gasteiger partial charge in [-0.25, -0.2) is 0 Å². The molecular weight excluding hydrogens is 300 g/mol. The van der Waals surface area contributed by atoms with Gasteiger partial charge in [0.2, 0.25) is 0 Å². The van der Waals surface area contributed by atoms with Crippen molar-refractivity contribution < 1.29 is 23.7 Å². The van der Waals surface area contributed by atoms with Crippen LogP contribution in [0.25, 0.3) is 0 Å². The molecule has 1 aliphatic rings. The lowest BCUT2D eigenvalue weighted by Gasteiger charge is -2.22. The highest BCUT2D eigenvalue weighted by molar-refractivity contribution is 4.67. The molecule has 1 fully saturated rings. The van der Waals surface area contributed by atoms with Crippen LogP contribution in [0.1, 0.15) is 12.8 Å². The smallest absolute Gasteiger partial charge is 0.0704 e. The first kappa shape index (κ1) is 20.8. The van der Waals surface area contributed by atoms with Crippen molar-refractivity contribution in [2.24, 2.45) is 0 Å². The van der Waals surface area contributed by atoms with Gasteiger partial charge >= 0.3 is 0 Å². The zero-order valence-corrected chi connectivity index (χ0v) is 14.5. The summed E-state index contributed by atoms with van der Waals surface area (Å²) in [6.45, 7) is 8.61. The molecule has 138 valence electrons. The summed E-state index contributed by atoms with van der Waals surface area (Å²) >= 11 is 0. The Bertz CT molecular complexity index is 241. The lowest BCUT2D eigenvalue weighted by molar-refractivity contribution is -0.0278. The lowest BCUT2D eigenvalue weighted by atomic mass is 10.1. The van der Waals surface area contributed by atoms with Crippen molar-refractivity contribution in [3.8, 4) is 0 Å². The van der Waals surface area contributed by atoms with E-state index in [0.29, 0.717) is 59.0 Å². The molecule has 0 aromatic carbocycles. The number of nitrogens with one attached hydrogen (secondary N) is 2. The summed E-state index contributed by atoms with van der Waals surface area (Å²) < 4.78 is 27.4. The minimum Gasteiger partial charge on any atom is -0.378 e. The van der Waals surface area contributed by atoms with Crippen LogP contribution in [0.2, 0.25) is 0 Å². The molecule has 0 amide bonds. The number of ether oxygens (including phenoxy) is 5. The molecule has 1 heterocycles. The second-order valence-electron chi connectivity index (χ2n) is 5.37. The molecule has 23 heavy (non-hydrogen) atoms.